The lowest BCUT2D eigenvalue weighted by Crippen LogP contribution is -1.99. The molecular weight excluding hydrogens is 252 g/mol. The summed E-state index contributed by atoms with van der Waals surface area (Å²) in [5.74, 6) is 0. The fourth-order valence-corrected chi connectivity index (χ4v) is 1.95. The molecule has 102 valence electrons. The zero-order valence-electron chi connectivity index (χ0n) is 11.3. The minimum absolute atomic E-state index is 0.767. The molecule has 3 rings (SSSR count). The Hall–Kier alpha value is -2.63. The SMILES string of the molecule is CCn1cc(CNc2ccc(-n3cncn3)cc2)cn1. The smallest absolute Gasteiger partial charge is 0.138 e. The number of hydrogen-bond donors (Lipinski definition) is 1. The van der Waals surface area contributed by atoms with Gasteiger partial charge in [0.1, 0.15) is 12.7 Å². The predicted molar refractivity (Wildman–Crippen MR) is 76.6 cm³/mol. The van der Waals surface area contributed by atoms with E-state index in [4.69, 9.17) is 0 Å². The number of nitrogens with zero attached hydrogens (tertiary/aromatic N) is 5. The van der Waals surface area contributed by atoms with E-state index in [1.165, 1.54) is 11.9 Å². The minimum atomic E-state index is 0.767. The summed E-state index contributed by atoms with van der Waals surface area (Å²) in [4.78, 5) is 3.93. The second-order valence-electron chi connectivity index (χ2n) is 4.44. The fraction of sp³-hybridized carbons (Fsp3) is 0.214. The van der Waals surface area contributed by atoms with Gasteiger partial charge in [0.2, 0.25) is 0 Å². The molecule has 0 fully saturated rings. The Morgan fingerprint density at radius 2 is 2.00 bits per heavy atom. The summed E-state index contributed by atoms with van der Waals surface area (Å²) in [5, 5.41) is 11.7. The zero-order chi connectivity index (χ0) is 13.8. The summed E-state index contributed by atoms with van der Waals surface area (Å²) in [6, 6.07) is 8.07. The topological polar surface area (TPSA) is 60.6 Å². The molecule has 0 saturated carbocycles. The van der Waals surface area contributed by atoms with E-state index in [9.17, 15) is 0 Å². The van der Waals surface area contributed by atoms with Gasteiger partial charge in [-0.1, -0.05) is 0 Å². The molecule has 0 aliphatic heterocycles. The molecule has 0 atom stereocenters. The normalized spacial score (nSPS) is 10.7. The van der Waals surface area contributed by atoms with Crippen molar-refractivity contribution in [3.63, 3.8) is 0 Å². The first-order chi connectivity index (χ1) is 9.85. The highest BCUT2D eigenvalue weighted by molar-refractivity contribution is 5.48. The van der Waals surface area contributed by atoms with Crippen molar-refractivity contribution >= 4 is 5.69 Å². The summed E-state index contributed by atoms with van der Waals surface area (Å²) >= 11 is 0. The Morgan fingerprint density at radius 1 is 1.15 bits per heavy atom. The monoisotopic (exact) mass is 268 g/mol. The first-order valence-electron chi connectivity index (χ1n) is 6.55. The third kappa shape index (κ3) is 2.69. The van der Waals surface area contributed by atoms with Crippen LogP contribution < -0.4 is 5.32 Å². The molecule has 0 aliphatic carbocycles. The lowest BCUT2D eigenvalue weighted by atomic mass is 10.2. The average molecular weight is 268 g/mol. The first kappa shape index (κ1) is 12.4. The maximum absolute atomic E-state index is 4.25. The molecule has 3 aromatic rings. The van der Waals surface area contributed by atoms with Gasteiger partial charge in [-0.3, -0.25) is 4.68 Å². The van der Waals surface area contributed by atoms with Crippen molar-refractivity contribution in [2.45, 2.75) is 20.0 Å². The standard InChI is InChI=1S/C14H16N6/c1-2-19-9-12(8-17-19)7-16-13-3-5-14(6-4-13)20-11-15-10-18-20/h3-6,8-11,16H,2,7H2,1H3. The van der Waals surface area contributed by atoms with Gasteiger partial charge in [-0.25, -0.2) is 9.67 Å². The quantitative estimate of drug-likeness (QED) is 0.769. The Kier molecular flexibility index (Phi) is 3.45. The Bertz CT molecular complexity index is 653. The second kappa shape index (κ2) is 5.56. The molecule has 0 aliphatic rings. The van der Waals surface area contributed by atoms with Crippen LogP contribution in [0.4, 0.5) is 5.69 Å². The van der Waals surface area contributed by atoms with Crippen LogP contribution in [0.25, 0.3) is 5.69 Å². The number of benzene rings is 1. The number of aromatic nitrogens is 5. The molecule has 6 nitrogen and oxygen atoms in total. The Balaban J connectivity index is 1.63. The van der Waals surface area contributed by atoms with E-state index in [1.807, 2.05) is 35.1 Å². The fourth-order valence-electron chi connectivity index (χ4n) is 1.95. The van der Waals surface area contributed by atoms with Gasteiger partial charge >= 0.3 is 0 Å². The van der Waals surface area contributed by atoms with Crippen LogP contribution in [0.3, 0.4) is 0 Å². The summed E-state index contributed by atoms with van der Waals surface area (Å²) in [7, 11) is 0. The van der Waals surface area contributed by atoms with Gasteiger partial charge in [-0.05, 0) is 31.2 Å². The van der Waals surface area contributed by atoms with Crippen molar-refractivity contribution in [3.8, 4) is 5.69 Å². The van der Waals surface area contributed by atoms with Crippen LogP contribution in [0.5, 0.6) is 0 Å². The van der Waals surface area contributed by atoms with Crippen LogP contribution >= 0.6 is 0 Å². The van der Waals surface area contributed by atoms with Crippen molar-refractivity contribution < 1.29 is 0 Å². The van der Waals surface area contributed by atoms with Crippen LogP contribution in [0.1, 0.15) is 12.5 Å². The number of nitrogens with one attached hydrogen (secondary N) is 1. The molecule has 0 unspecified atom stereocenters. The molecule has 0 amide bonds. The Morgan fingerprint density at radius 3 is 2.65 bits per heavy atom. The van der Waals surface area contributed by atoms with Gasteiger partial charge in [0.15, 0.2) is 0 Å². The van der Waals surface area contributed by atoms with Crippen molar-refractivity contribution in [1.82, 2.24) is 24.5 Å². The molecule has 20 heavy (non-hydrogen) atoms. The molecule has 6 heteroatoms. The highest BCUT2D eigenvalue weighted by Gasteiger charge is 1.99. The molecule has 1 aromatic carbocycles. The summed E-state index contributed by atoms with van der Waals surface area (Å²) in [5.41, 5.74) is 3.23. The van der Waals surface area contributed by atoms with E-state index in [0.29, 0.717) is 0 Å². The molecule has 0 saturated heterocycles. The molecule has 2 heterocycles. The van der Waals surface area contributed by atoms with Gasteiger partial charge in [0.05, 0.1) is 11.9 Å². The van der Waals surface area contributed by atoms with E-state index < -0.39 is 0 Å². The number of aryl methyl sites for hydroxylation is 1. The van der Waals surface area contributed by atoms with Crippen molar-refractivity contribution in [3.05, 3.63) is 54.9 Å². The third-order valence-electron chi connectivity index (χ3n) is 3.06. The van der Waals surface area contributed by atoms with Crippen molar-refractivity contribution in [1.29, 1.82) is 0 Å². The van der Waals surface area contributed by atoms with Crippen LogP contribution in [0, 0.1) is 0 Å². The maximum atomic E-state index is 4.25. The number of rotatable bonds is 5. The summed E-state index contributed by atoms with van der Waals surface area (Å²) < 4.78 is 3.65. The molecule has 0 spiro atoms. The highest BCUT2D eigenvalue weighted by Crippen LogP contribution is 2.13. The van der Waals surface area contributed by atoms with Gasteiger partial charge in [-0.15, -0.1) is 0 Å². The van der Waals surface area contributed by atoms with E-state index in [1.54, 1.807) is 11.0 Å². The zero-order valence-corrected chi connectivity index (χ0v) is 11.3. The second-order valence-corrected chi connectivity index (χ2v) is 4.44. The van der Waals surface area contributed by atoms with Crippen LogP contribution in [-0.2, 0) is 13.1 Å². The van der Waals surface area contributed by atoms with Crippen molar-refractivity contribution in [2.75, 3.05) is 5.32 Å². The minimum Gasteiger partial charge on any atom is -0.381 e. The molecular formula is C14H16N6. The van der Waals surface area contributed by atoms with Gasteiger partial charge in [0, 0.05) is 30.5 Å². The van der Waals surface area contributed by atoms with Crippen LogP contribution in [0.2, 0.25) is 0 Å². The lowest BCUT2D eigenvalue weighted by molar-refractivity contribution is 0.659. The number of hydrogen-bond acceptors (Lipinski definition) is 4. The maximum Gasteiger partial charge on any atom is 0.138 e. The van der Waals surface area contributed by atoms with Crippen LogP contribution in [0.15, 0.2) is 49.3 Å². The van der Waals surface area contributed by atoms with Crippen LogP contribution in [-0.4, -0.2) is 24.5 Å². The van der Waals surface area contributed by atoms with Crippen molar-refractivity contribution in [2.24, 2.45) is 0 Å². The largest absolute Gasteiger partial charge is 0.381 e. The van der Waals surface area contributed by atoms with Gasteiger partial charge < -0.3 is 5.32 Å². The van der Waals surface area contributed by atoms with E-state index >= 15 is 0 Å². The first-order valence-corrected chi connectivity index (χ1v) is 6.55. The number of anilines is 1. The summed E-state index contributed by atoms with van der Waals surface area (Å²) in [6.07, 6.45) is 7.15. The van der Waals surface area contributed by atoms with Gasteiger partial charge in [-0.2, -0.15) is 10.2 Å². The third-order valence-corrected chi connectivity index (χ3v) is 3.06. The summed E-state index contributed by atoms with van der Waals surface area (Å²) in [6.45, 7) is 3.74. The highest BCUT2D eigenvalue weighted by atomic mass is 15.3. The predicted octanol–water partition coefficient (Wildman–Crippen LogP) is 2.10. The Labute approximate surface area is 117 Å². The van der Waals surface area contributed by atoms with Gasteiger partial charge in [0.25, 0.3) is 0 Å². The molecule has 0 radical (unpaired) electrons. The van der Waals surface area contributed by atoms with E-state index in [-0.39, 0.29) is 0 Å². The average Bonchev–Trinajstić information content (AvgIpc) is 3.17. The van der Waals surface area contributed by atoms with E-state index in [2.05, 4.69) is 33.6 Å². The molecule has 0 bridgehead atoms. The molecule has 2 aromatic heterocycles. The lowest BCUT2D eigenvalue weighted by Gasteiger charge is -2.06. The van der Waals surface area contributed by atoms with E-state index in [0.717, 1.165) is 24.5 Å². The molecule has 1 N–H and O–H groups in total.